The Morgan fingerprint density at radius 1 is 1.24 bits per heavy atom. The highest BCUT2D eigenvalue weighted by atomic mass is 79.9. The lowest BCUT2D eigenvalue weighted by atomic mass is 9.90. The molecule has 0 aliphatic heterocycles. The van der Waals surface area contributed by atoms with Crippen molar-refractivity contribution in [3.8, 4) is 0 Å². The molecule has 0 atom stereocenters. The second-order valence-corrected chi connectivity index (χ2v) is 6.12. The fourth-order valence-corrected chi connectivity index (χ4v) is 3.26. The first-order valence-corrected chi connectivity index (χ1v) is 8.59. The van der Waals surface area contributed by atoms with E-state index < -0.39 is 17.5 Å². The van der Waals surface area contributed by atoms with Crippen LogP contribution in [-0.2, 0) is 30.3 Å². The first-order valence-electron chi connectivity index (χ1n) is 7.80. The molecule has 0 bridgehead atoms. The molecule has 0 saturated heterocycles. The van der Waals surface area contributed by atoms with Gasteiger partial charge in [-0.1, -0.05) is 22.0 Å². The van der Waals surface area contributed by atoms with Gasteiger partial charge in [-0.2, -0.15) is 0 Å². The molecule has 0 saturated carbocycles. The van der Waals surface area contributed by atoms with Crippen molar-refractivity contribution in [2.45, 2.75) is 25.8 Å². The van der Waals surface area contributed by atoms with Gasteiger partial charge in [0.1, 0.15) is 0 Å². The first kappa shape index (κ1) is 19.0. The Balaban J connectivity index is 2.55. The summed E-state index contributed by atoms with van der Waals surface area (Å²) in [7, 11) is 0. The van der Waals surface area contributed by atoms with Crippen molar-refractivity contribution < 1.29 is 23.9 Å². The molecule has 2 aromatic rings. The SMILES string of the molecule is CCOC(=O)C(Cc1c[nH]c2cccc(Br)c12)(NC=O)C(=O)OCC. The van der Waals surface area contributed by atoms with Crippen LogP contribution < -0.4 is 5.32 Å². The van der Waals surface area contributed by atoms with Crippen molar-refractivity contribution in [3.63, 3.8) is 0 Å². The lowest BCUT2D eigenvalue weighted by Crippen LogP contribution is -2.60. The smallest absolute Gasteiger partial charge is 0.344 e. The first-order chi connectivity index (χ1) is 12.0. The molecule has 1 amide bonds. The third-order valence-electron chi connectivity index (χ3n) is 3.75. The van der Waals surface area contributed by atoms with Crippen LogP contribution in [-0.4, -0.2) is 42.1 Å². The Bertz CT molecular complexity index is 768. The van der Waals surface area contributed by atoms with Crippen LogP contribution in [0.4, 0.5) is 0 Å². The Hall–Kier alpha value is -2.35. The van der Waals surface area contributed by atoms with E-state index in [-0.39, 0.29) is 19.6 Å². The van der Waals surface area contributed by atoms with Gasteiger partial charge in [0.05, 0.1) is 13.2 Å². The van der Waals surface area contributed by atoms with Gasteiger partial charge in [-0.25, -0.2) is 9.59 Å². The van der Waals surface area contributed by atoms with Gasteiger partial charge in [-0.05, 0) is 31.5 Å². The van der Waals surface area contributed by atoms with E-state index in [9.17, 15) is 14.4 Å². The summed E-state index contributed by atoms with van der Waals surface area (Å²) in [6.07, 6.45) is 1.89. The molecule has 2 rings (SSSR count). The Morgan fingerprint density at radius 2 is 1.88 bits per heavy atom. The topological polar surface area (TPSA) is 97.5 Å². The highest BCUT2D eigenvalue weighted by Crippen LogP contribution is 2.30. The molecule has 0 radical (unpaired) electrons. The number of rotatable bonds is 8. The molecule has 0 spiro atoms. The molecular formula is C17H19BrN2O5. The minimum absolute atomic E-state index is 0.0676. The van der Waals surface area contributed by atoms with Crippen molar-refractivity contribution in [1.82, 2.24) is 10.3 Å². The van der Waals surface area contributed by atoms with Crippen molar-refractivity contribution in [2.75, 3.05) is 13.2 Å². The molecule has 1 aromatic heterocycles. The normalized spacial score (nSPS) is 11.2. The number of hydrogen-bond donors (Lipinski definition) is 2. The molecule has 0 aliphatic carbocycles. The zero-order valence-electron chi connectivity index (χ0n) is 13.9. The molecule has 7 nitrogen and oxygen atoms in total. The number of carbonyl (C=O) groups excluding carboxylic acids is 3. The maximum atomic E-state index is 12.6. The minimum atomic E-state index is -1.95. The predicted octanol–water partition coefficient (Wildman–Crippen LogP) is 2.08. The lowest BCUT2D eigenvalue weighted by Gasteiger charge is -2.28. The van der Waals surface area contributed by atoms with E-state index in [1.807, 2.05) is 18.2 Å². The van der Waals surface area contributed by atoms with Gasteiger partial charge in [0.15, 0.2) is 0 Å². The fraction of sp³-hybridized carbons (Fsp3) is 0.353. The highest BCUT2D eigenvalue weighted by Gasteiger charge is 2.49. The van der Waals surface area contributed by atoms with Gasteiger partial charge in [0.2, 0.25) is 11.9 Å². The molecule has 1 heterocycles. The summed E-state index contributed by atoms with van der Waals surface area (Å²) in [5, 5.41) is 3.14. The van der Waals surface area contributed by atoms with Crippen molar-refractivity contribution in [3.05, 3.63) is 34.4 Å². The van der Waals surface area contributed by atoms with Crippen LogP contribution in [0.2, 0.25) is 0 Å². The molecule has 8 heteroatoms. The number of halogens is 1. The maximum Gasteiger partial charge on any atom is 0.344 e. The number of amides is 1. The average molecular weight is 411 g/mol. The van der Waals surface area contributed by atoms with Crippen LogP contribution in [0.25, 0.3) is 10.9 Å². The Labute approximate surface area is 153 Å². The van der Waals surface area contributed by atoms with Crippen molar-refractivity contribution >= 4 is 45.2 Å². The third kappa shape index (κ3) is 3.68. The average Bonchev–Trinajstić information content (AvgIpc) is 2.99. The van der Waals surface area contributed by atoms with E-state index in [0.29, 0.717) is 12.0 Å². The highest BCUT2D eigenvalue weighted by molar-refractivity contribution is 9.10. The molecule has 2 N–H and O–H groups in total. The van der Waals surface area contributed by atoms with Crippen LogP contribution in [0.15, 0.2) is 28.9 Å². The number of benzene rings is 1. The zero-order valence-corrected chi connectivity index (χ0v) is 15.5. The second kappa shape index (κ2) is 8.15. The van der Waals surface area contributed by atoms with Crippen molar-refractivity contribution in [1.29, 1.82) is 0 Å². The summed E-state index contributed by atoms with van der Waals surface area (Å²) < 4.78 is 10.9. The van der Waals surface area contributed by atoms with E-state index in [1.54, 1.807) is 20.0 Å². The van der Waals surface area contributed by atoms with E-state index in [2.05, 4.69) is 26.2 Å². The number of esters is 2. The number of nitrogens with one attached hydrogen (secondary N) is 2. The van der Waals surface area contributed by atoms with Gasteiger partial charge in [-0.15, -0.1) is 0 Å². The standard InChI is InChI=1S/C17H19BrN2O5/c1-3-24-15(22)17(20-10-21,16(23)25-4-2)8-11-9-19-13-7-5-6-12(18)14(11)13/h5-7,9-10,19H,3-4,8H2,1-2H3,(H,20,21). The maximum absolute atomic E-state index is 12.6. The fourth-order valence-electron chi connectivity index (χ4n) is 2.64. The molecule has 134 valence electrons. The minimum Gasteiger partial charge on any atom is -0.464 e. The number of aromatic nitrogens is 1. The summed E-state index contributed by atoms with van der Waals surface area (Å²) >= 11 is 3.47. The molecule has 0 unspecified atom stereocenters. The number of ether oxygens (including phenoxy) is 2. The van der Waals surface area contributed by atoms with E-state index >= 15 is 0 Å². The number of aromatic amines is 1. The number of carbonyl (C=O) groups is 3. The second-order valence-electron chi connectivity index (χ2n) is 5.26. The summed E-state index contributed by atoms with van der Waals surface area (Å²) in [6, 6.07) is 5.58. The van der Waals surface area contributed by atoms with Gasteiger partial charge >= 0.3 is 11.9 Å². The number of fused-ring (bicyclic) bond motifs is 1. The van der Waals surface area contributed by atoms with Crippen LogP contribution in [0.3, 0.4) is 0 Å². The number of H-pyrrole nitrogens is 1. The Morgan fingerprint density at radius 3 is 2.44 bits per heavy atom. The van der Waals surface area contributed by atoms with Gasteiger partial charge in [-0.3, -0.25) is 4.79 Å². The molecule has 0 aliphatic rings. The predicted molar refractivity (Wildman–Crippen MR) is 94.9 cm³/mol. The van der Waals surface area contributed by atoms with E-state index in [0.717, 1.165) is 15.4 Å². The zero-order chi connectivity index (χ0) is 18.4. The lowest BCUT2D eigenvalue weighted by molar-refractivity contribution is -0.167. The monoisotopic (exact) mass is 410 g/mol. The molecule has 0 fully saturated rings. The summed E-state index contributed by atoms with van der Waals surface area (Å²) in [5.41, 5.74) is -0.451. The van der Waals surface area contributed by atoms with Crippen LogP contribution in [0.1, 0.15) is 19.4 Å². The van der Waals surface area contributed by atoms with Gasteiger partial charge < -0.3 is 19.8 Å². The summed E-state index contributed by atoms with van der Waals surface area (Å²) in [6.45, 7) is 3.38. The summed E-state index contributed by atoms with van der Waals surface area (Å²) in [4.78, 5) is 39.3. The largest absolute Gasteiger partial charge is 0.464 e. The van der Waals surface area contributed by atoms with Crippen LogP contribution in [0, 0.1) is 0 Å². The van der Waals surface area contributed by atoms with Crippen LogP contribution in [0.5, 0.6) is 0 Å². The summed E-state index contributed by atoms with van der Waals surface area (Å²) in [5.74, 6) is -1.72. The van der Waals surface area contributed by atoms with E-state index in [4.69, 9.17) is 9.47 Å². The van der Waals surface area contributed by atoms with Crippen molar-refractivity contribution in [2.24, 2.45) is 0 Å². The van der Waals surface area contributed by atoms with Gasteiger partial charge in [0.25, 0.3) is 0 Å². The third-order valence-corrected chi connectivity index (χ3v) is 4.41. The quantitative estimate of drug-likeness (QED) is 0.394. The Kier molecular flexibility index (Phi) is 6.19. The molecular weight excluding hydrogens is 392 g/mol. The van der Waals surface area contributed by atoms with Crippen LogP contribution >= 0.6 is 15.9 Å². The molecule has 1 aromatic carbocycles. The van der Waals surface area contributed by atoms with Gasteiger partial charge in [0, 0.05) is 28.0 Å². The molecule has 25 heavy (non-hydrogen) atoms. The van der Waals surface area contributed by atoms with E-state index in [1.165, 1.54) is 0 Å². The number of hydrogen-bond acceptors (Lipinski definition) is 5.